The third kappa shape index (κ3) is 3.16. The van der Waals surface area contributed by atoms with E-state index < -0.39 is 0 Å². The van der Waals surface area contributed by atoms with E-state index in [1.54, 1.807) is 31.3 Å². The van der Waals surface area contributed by atoms with Crippen LogP contribution in [0.3, 0.4) is 0 Å². The Balaban J connectivity index is 1.88. The fourth-order valence-corrected chi connectivity index (χ4v) is 2.86. The number of hydrogen-bond acceptors (Lipinski definition) is 4. The molecule has 1 aromatic carbocycles. The van der Waals surface area contributed by atoms with Gasteiger partial charge in [0.05, 0.1) is 5.39 Å². The molecular formula is C17H20N4O2. The molecule has 1 heterocycles. The van der Waals surface area contributed by atoms with Gasteiger partial charge in [0.1, 0.15) is 0 Å². The molecule has 120 valence electrons. The second-order valence-corrected chi connectivity index (χ2v) is 6.12. The Morgan fingerprint density at radius 3 is 2.61 bits per heavy atom. The minimum absolute atomic E-state index is 0.218. The fraction of sp³-hybridized carbons (Fsp3) is 0.412. The molecule has 6 heteroatoms. The van der Waals surface area contributed by atoms with Crippen molar-refractivity contribution in [3.63, 3.8) is 0 Å². The summed E-state index contributed by atoms with van der Waals surface area (Å²) in [6.45, 7) is 2.23. The highest BCUT2D eigenvalue weighted by atomic mass is 16.2. The average molecular weight is 312 g/mol. The van der Waals surface area contributed by atoms with Gasteiger partial charge in [-0.3, -0.25) is 9.59 Å². The Bertz CT molecular complexity index is 828. The van der Waals surface area contributed by atoms with Crippen LogP contribution in [0.15, 0.2) is 34.2 Å². The first-order valence-electron chi connectivity index (χ1n) is 7.88. The van der Waals surface area contributed by atoms with E-state index in [0.29, 0.717) is 10.8 Å². The van der Waals surface area contributed by atoms with E-state index in [1.165, 1.54) is 4.68 Å². The van der Waals surface area contributed by atoms with E-state index >= 15 is 0 Å². The molecular weight excluding hydrogens is 292 g/mol. The van der Waals surface area contributed by atoms with Crippen LogP contribution in [-0.2, 0) is 7.05 Å². The lowest BCUT2D eigenvalue weighted by Crippen LogP contribution is -2.28. The van der Waals surface area contributed by atoms with Crippen molar-refractivity contribution >= 4 is 22.4 Å². The van der Waals surface area contributed by atoms with Crippen molar-refractivity contribution < 1.29 is 4.79 Å². The van der Waals surface area contributed by atoms with E-state index in [1.807, 2.05) is 0 Å². The zero-order valence-electron chi connectivity index (χ0n) is 13.4. The van der Waals surface area contributed by atoms with Crippen LogP contribution in [0.25, 0.3) is 10.8 Å². The highest BCUT2D eigenvalue weighted by Crippen LogP contribution is 2.21. The first kappa shape index (κ1) is 15.4. The molecule has 0 aliphatic heterocycles. The summed E-state index contributed by atoms with van der Waals surface area (Å²) in [4.78, 5) is 24.5. The second-order valence-electron chi connectivity index (χ2n) is 6.12. The predicted molar refractivity (Wildman–Crippen MR) is 89.5 cm³/mol. The van der Waals surface area contributed by atoms with Crippen molar-refractivity contribution in [1.29, 1.82) is 0 Å². The lowest BCUT2D eigenvalue weighted by molar-refractivity contribution is 0.0949. The van der Waals surface area contributed by atoms with E-state index in [0.717, 1.165) is 37.3 Å². The van der Waals surface area contributed by atoms with Gasteiger partial charge in [0.15, 0.2) is 5.69 Å². The molecule has 1 saturated carbocycles. The molecule has 0 bridgehead atoms. The molecule has 0 saturated heterocycles. The molecule has 6 nitrogen and oxygen atoms in total. The Hall–Kier alpha value is -2.50. The molecule has 1 aliphatic rings. The number of nitrogens with one attached hydrogen (secondary N) is 1. The number of aromatic nitrogens is 2. The van der Waals surface area contributed by atoms with E-state index in [-0.39, 0.29) is 17.2 Å². The summed E-state index contributed by atoms with van der Waals surface area (Å²) in [5, 5.41) is 9.37. The van der Waals surface area contributed by atoms with Crippen LogP contribution < -0.4 is 11.0 Å². The standard InChI is InChI=1S/C17H20N4O2/c1-11-7-9-12(10-8-11)18-19-16(22)15-13-5-3-4-6-14(13)17(23)21(2)20-15/h3-6,11H,7-10H2,1-2H3,(H,19,22). The molecule has 2 aromatic rings. The molecule has 0 atom stereocenters. The number of carbonyl (C=O) groups is 1. The maximum absolute atomic E-state index is 12.4. The first-order chi connectivity index (χ1) is 11.1. The number of benzene rings is 1. The van der Waals surface area contributed by atoms with Crippen molar-refractivity contribution in [2.24, 2.45) is 18.1 Å². The smallest absolute Gasteiger partial charge is 0.267 e. The SMILES string of the molecule is CC1CCC(=NNC(=O)c2nn(C)c(=O)c3ccccc23)CC1. The van der Waals surface area contributed by atoms with Gasteiger partial charge in [0.25, 0.3) is 11.5 Å². The van der Waals surface area contributed by atoms with Crippen molar-refractivity contribution in [1.82, 2.24) is 15.2 Å². The van der Waals surface area contributed by atoms with Crippen LogP contribution in [0.1, 0.15) is 43.1 Å². The monoisotopic (exact) mass is 312 g/mol. The lowest BCUT2D eigenvalue weighted by Gasteiger charge is -2.18. The summed E-state index contributed by atoms with van der Waals surface area (Å²) in [6.07, 6.45) is 4.05. The summed E-state index contributed by atoms with van der Waals surface area (Å²) < 4.78 is 1.19. The van der Waals surface area contributed by atoms with Crippen LogP contribution in [0.4, 0.5) is 0 Å². The van der Waals surface area contributed by atoms with Crippen LogP contribution in [-0.4, -0.2) is 21.4 Å². The van der Waals surface area contributed by atoms with E-state index in [9.17, 15) is 9.59 Å². The summed E-state index contributed by atoms with van der Waals surface area (Å²) in [6, 6.07) is 6.99. The molecule has 0 unspecified atom stereocenters. The van der Waals surface area contributed by atoms with Crippen molar-refractivity contribution in [2.45, 2.75) is 32.6 Å². The predicted octanol–water partition coefficient (Wildman–Crippen LogP) is 2.23. The summed E-state index contributed by atoms with van der Waals surface area (Å²) >= 11 is 0. The van der Waals surface area contributed by atoms with Gasteiger partial charge in [-0.1, -0.05) is 25.1 Å². The normalized spacial score (nSPS) is 18.0. The number of nitrogens with zero attached hydrogens (tertiary/aromatic N) is 3. The zero-order valence-corrected chi connectivity index (χ0v) is 13.4. The minimum Gasteiger partial charge on any atom is -0.267 e. The minimum atomic E-state index is -0.386. The van der Waals surface area contributed by atoms with Gasteiger partial charge in [-0.2, -0.15) is 10.2 Å². The van der Waals surface area contributed by atoms with Gasteiger partial charge >= 0.3 is 0 Å². The van der Waals surface area contributed by atoms with Crippen LogP contribution in [0, 0.1) is 5.92 Å². The van der Waals surface area contributed by atoms with Gasteiger partial charge in [0.2, 0.25) is 0 Å². The fourth-order valence-electron chi connectivity index (χ4n) is 2.86. The summed E-state index contributed by atoms with van der Waals surface area (Å²) in [5.74, 6) is 0.335. The van der Waals surface area contributed by atoms with E-state index in [4.69, 9.17) is 0 Å². The Morgan fingerprint density at radius 2 is 1.91 bits per heavy atom. The van der Waals surface area contributed by atoms with Gasteiger partial charge in [-0.25, -0.2) is 10.1 Å². The zero-order chi connectivity index (χ0) is 16.4. The van der Waals surface area contributed by atoms with E-state index in [2.05, 4.69) is 22.5 Å². The van der Waals surface area contributed by atoms with Crippen molar-refractivity contribution in [3.05, 3.63) is 40.3 Å². The number of hydrazone groups is 1. The maximum atomic E-state index is 12.4. The second kappa shape index (κ2) is 6.32. The van der Waals surface area contributed by atoms with Gasteiger partial charge < -0.3 is 0 Å². The first-order valence-corrected chi connectivity index (χ1v) is 7.88. The maximum Gasteiger partial charge on any atom is 0.292 e. The van der Waals surface area contributed by atoms with Gasteiger partial charge in [-0.15, -0.1) is 0 Å². The molecule has 1 aromatic heterocycles. The molecule has 1 aliphatic carbocycles. The third-order valence-corrected chi connectivity index (χ3v) is 4.34. The lowest BCUT2D eigenvalue weighted by atomic mass is 9.90. The molecule has 1 N–H and O–H groups in total. The number of carbonyl (C=O) groups excluding carboxylic acids is 1. The number of rotatable bonds is 2. The third-order valence-electron chi connectivity index (χ3n) is 4.34. The summed E-state index contributed by atoms with van der Waals surface area (Å²) in [7, 11) is 1.54. The molecule has 1 amide bonds. The highest BCUT2D eigenvalue weighted by molar-refractivity contribution is 6.05. The van der Waals surface area contributed by atoms with Crippen LogP contribution >= 0.6 is 0 Å². The number of fused-ring (bicyclic) bond motifs is 1. The summed E-state index contributed by atoms with van der Waals surface area (Å²) in [5.41, 5.74) is 3.61. The largest absolute Gasteiger partial charge is 0.292 e. The number of amides is 1. The number of aryl methyl sites for hydroxylation is 1. The molecule has 1 fully saturated rings. The highest BCUT2D eigenvalue weighted by Gasteiger charge is 2.17. The van der Waals surface area contributed by atoms with Crippen molar-refractivity contribution in [2.75, 3.05) is 0 Å². The van der Waals surface area contributed by atoms with Crippen LogP contribution in [0.5, 0.6) is 0 Å². The number of hydrogen-bond donors (Lipinski definition) is 1. The Kier molecular flexibility index (Phi) is 4.23. The van der Waals surface area contributed by atoms with Crippen molar-refractivity contribution in [3.8, 4) is 0 Å². The Morgan fingerprint density at radius 1 is 1.26 bits per heavy atom. The topological polar surface area (TPSA) is 76.3 Å². The average Bonchev–Trinajstić information content (AvgIpc) is 2.57. The van der Waals surface area contributed by atoms with Gasteiger partial charge in [0, 0.05) is 18.1 Å². The molecule has 0 spiro atoms. The van der Waals surface area contributed by atoms with Gasteiger partial charge in [-0.05, 0) is 37.7 Å². The molecule has 0 radical (unpaired) electrons. The van der Waals surface area contributed by atoms with Crippen LogP contribution in [0.2, 0.25) is 0 Å². The quantitative estimate of drug-likeness (QED) is 0.864. The molecule has 3 rings (SSSR count). The Labute approximate surface area is 134 Å². The molecule has 23 heavy (non-hydrogen) atoms.